The van der Waals surface area contributed by atoms with E-state index < -0.39 is 10.0 Å². The summed E-state index contributed by atoms with van der Waals surface area (Å²) in [7, 11) is -1.24. The van der Waals surface area contributed by atoms with Gasteiger partial charge in [-0.05, 0) is 26.4 Å². The quantitative estimate of drug-likeness (QED) is 0.697. The fourth-order valence-corrected chi connectivity index (χ4v) is 2.25. The SMILES string of the molecule is CN1CCCC1CNS(=O)(=O)CCl. The second-order valence-electron chi connectivity index (χ2n) is 3.35. The van der Waals surface area contributed by atoms with Crippen LogP contribution in [0.5, 0.6) is 0 Å². The van der Waals surface area contributed by atoms with Crippen LogP contribution >= 0.6 is 11.6 Å². The van der Waals surface area contributed by atoms with Gasteiger partial charge in [0.15, 0.2) is 0 Å². The zero-order valence-electron chi connectivity index (χ0n) is 7.66. The molecule has 0 saturated carbocycles. The second kappa shape index (κ2) is 4.59. The van der Waals surface area contributed by atoms with Crippen molar-refractivity contribution in [3.05, 3.63) is 0 Å². The van der Waals surface area contributed by atoms with Crippen LogP contribution in [0, 0.1) is 0 Å². The number of likely N-dealkylation sites (tertiary alicyclic amines) is 1. The molecule has 1 N–H and O–H groups in total. The highest BCUT2D eigenvalue weighted by Crippen LogP contribution is 2.13. The molecule has 0 aliphatic carbocycles. The van der Waals surface area contributed by atoms with Crippen molar-refractivity contribution in [3.8, 4) is 0 Å². The number of rotatable bonds is 4. The van der Waals surface area contributed by atoms with Crippen LogP contribution < -0.4 is 4.72 Å². The van der Waals surface area contributed by atoms with Gasteiger partial charge in [-0.1, -0.05) is 0 Å². The Morgan fingerprint density at radius 2 is 2.31 bits per heavy atom. The third-order valence-electron chi connectivity index (χ3n) is 2.35. The predicted octanol–water partition coefficient (Wildman–Crippen LogP) is 0.196. The van der Waals surface area contributed by atoms with Gasteiger partial charge in [0.05, 0.1) is 0 Å². The largest absolute Gasteiger partial charge is 0.302 e. The molecule has 13 heavy (non-hydrogen) atoms. The molecule has 1 aliphatic heterocycles. The van der Waals surface area contributed by atoms with Gasteiger partial charge < -0.3 is 4.90 Å². The highest BCUT2D eigenvalue weighted by Gasteiger charge is 2.22. The van der Waals surface area contributed by atoms with Crippen LogP contribution in [-0.2, 0) is 10.0 Å². The molecule has 1 fully saturated rings. The molecule has 0 aromatic rings. The maximum atomic E-state index is 11.0. The zero-order chi connectivity index (χ0) is 9.90. The number of alkyl halides is 1. The van der Waals surface area contributed by atoms with E-state index in [1.807, 2.05) is 7.05 Å². The van der Waals surface area contributed by atoms with Gasteiger partial charge in [0, 0.05) is 12.6 Å². The molecule has 1 saturated heterocycles. The van der Waals surface area contributed by atoms with Gasteiger partial charge >= 0.3 is 0 Å². The van der Waals surface area contributed by atoms with Gasteiger partial charge in [-0.15, -0.1) is 11.6 Å². The fraction of sp³-hybridized carbons (Fsp3) is 1.00. The van der Waals surface area contributed by atoms with Crippen LogP contribution in [0.3, 0.4) is 0 Å². The summed E-state index contributed by atoms with van der Waals surface area (Å²) in [5, 5.41) is -0.358. The fourth-order valence-electron chi connectivity index (χ4n) is 1.50. The summed E-state index contributed by atoms with van der Waals surface area (Å²) in [6, 6.07) is 0.331. The lowest BCUT2D eigenvalue weighted by molar-refractivity contribution is 0.311. The summed E-state index contributed by atoms with van der Waals surface area (Å²) in [5.41, 5.74) is 0. The van der Waals surface area contributed by atoms with Crippen molar-refractivity contribution in [3.63, 3.8) is 0 Å². The molecule has 0 bridgehead atoms. The summed E-state index contributed by atoms with van der Waals surface area (Å²) in [5.74, 6) is 0. The molecule has 0 radical (unpaired) electrons. The van der Waals surface area contributed by atoms with Gasteiger partial charge in [-0.3, -0.25) is 0 Å². The van der Waals surface area contributed by atoms with Crippen LogP contribution in [0.4, 0.5) is 0 Å². The van der Waals surface area contributed by atoms with E-state index in [0.717, 1.165) is 19.4 Å². The Morgan fingerprint density at radius 1 is 1.62 bits per heavy atom. The van der Waals surface area contributed by atoms with Crippen molar-refractivity contribution in [1.82, 2.24) is 9.62 Å². The smallest absolute Gasteiger partial charge is 0.225 e. The number of sulfonamides is 1. The van der Waals surface area contributed by atoms with E-state index in [9.17, 15) is 8.42 Å². The second-order valence-corrected chi connectivity index (χ2v) is 5.74. The maximum Gasteiger partial charge on any atom is 0.225 e. The molecule has 1 rings (SSSR count). The normalized spacial score (nSPS) is 25.2. The first kappa shape index (κ1) is 11.2. The minimum absolute atomic E-state index is 0.331. The van der Waals surface area contributed by atoms with Crippen molar-refractivity contribution >= 4 is 21.6 Å². The summed E-state index contributed by atoms with van der Waals surface area (Å²) >= 11 is 5.25. The highest BCUT2D eigenvalue weighted by molar-refractivity contribution is 7.90. The maximum absolute atomic E-state index is 11.0. The molecule has 0 spiro atoms. The van der Waals surface area contributed by atoms with Gasteiger partial charge in [-0.2, -0.15) is 0 Å². The van der Waals surface area contributed by atoms with E-state index in [-0.39, 0.29) is 5.21 Å². The van der Waals surface area contributed by atoms with Crippen molar-refractivity contribution < 1.29 is 8.42 Å². The van der Waals surface area contributed by atoms with Gasteiger partial charge in [0.25, 0.3) is 0 Å². The lowest BCUT2D eigenvalue weighted by Gasteiger charge is -2.19. The molecule has 0 aromatic carbocycles. The zero-order valence-corrected chi connectivity index (χ0v) is 9.24. The Labute approximate surface area is 84.3 Å². The molecule has 0 amide bonds. The average molecular weight is 227 g/mol. The number of hydrogen-bond acceptors (Lipinski definition) is 3. The van der Waals surface area contributed by atoms with Crippen molar-refractivity contribution in [2.45, 2.75) is 18.9 Å². The Bertz CT molecular complexity index is 255. The number of hydrogen-bond donors (Lipinski definition) is 1. The molecular weight excluding hydrogens is 212 g/mol. The number of nitrogens with zero attached hydrogens (tertiary/aromatic N) is 1. The van der Waals surface area contributed by atoms with Crippen LogP contribution in [0.25, 0.3) is 0 Å². The molecule has 1 aliphatic rings. The predicted molar refractivity (Wildman–Crippen MR) is 53.3 cm³/mol. The lowest BCUT2D eigenvalue weighted by atomic mass is 10.2. The summed E-state index contributed by atoms with van der Waals surface area (Å²) in [6.45, 7) is 1.53. The third-order valence-corrected chi connectivity index (χ3v) is 4.11. The molecule has 6 heteroatoms. The first-order valence-corrected chi connectivity index (χ1v) is 6.47. The summed E-state index contributed by atoms with van der Waals surface area (Å²) in [4.78, 5) is 2.16. The van der Waals surface area contributed by atoms with Crippen LogP contribution in [0.15, 0.2) is 0 Å². The Balaban J connectivity index is 2.34. The van der Waals surface area contributed by atoms with Crippen LogP contribution in [0.1, 0.15) is 12.8 Å². The van der Waals surface area contributed by atoms with Gasteiger partial charge in [0.2, 0.25) is 10.0 Å². The Morgan fingerprint density at radius 3 is 2.77 bits per heavy atom. The summed E-state index contributed by atoms with van der Waals surface area (Å²) in [6.07, 6.45) is 2.20. The van der Waals surface area contributed by atoms with Crippen molar-refractivity contribution in [1.29, 1.82) is 0 Å². The minimum atomic E-state index is -3.24. The van der Waals surface area contributed by atoms with Gasteiger partial charge in [0.1, 0.15) is 5.21 Å². The molecule has 0 aromatic heterocycles. The lowest BCUT2D eigenvalue weighted by Crippen LogP contribution is -2.38. The van der Waals surface area contributed by atoms with Crippen molar-refractivity contribution in [2.75, 3.05) is 25.3 Å². The van der Waals surface area contributed by atoms with E-state index in [4.69, 9.17) is 11.6 Å². The average Bonchev–Trinajstić information content (AvgIpc) is 2.48. The first-order valence-electron chi connectivity index (χ1n) is 4.29. The molecular formula is C7H15ClN2O2S. The number of nitrogens with one attached hydrogen (secondary N) is 1. The minimum Gasteiger partial charge on any atom is -0.302 e. The number of likely N-dealkylation sites (N-methyl/N-ethyl adjacent to an activating group) is 1. The van der Waals surface area contributed by atoms with E-state index >= 15 is 0 Å². The van der Waals surface area contributed by atoms with E-state index in [2.05, 4.69) is 9.62 Å². The molecule has 1 heterocycles. The molecule has 4 nitrogen and oxygen atoms in total. The van der Waals surface area contributed by atoms with E-state index in [0.29, 0.717) is 12.6 Å². The van der Waals surface area contributed by atoms with Crippen LogP contribution in [-0.4, -0.2) is 44.7 Å². The highest BCUT2D eigenvalue weighted by atomic mass is 35.5. The molecule has 1 unspecified atom stereocenters. The molecule has 1 atom stereocenters. The third kappa shape index (κ3) is 3.42. The first-order chi connectivity index (χ1) is 6.05. The Hall–Kier alpha value is 0.160. The topological polar surface area (TPSA) is 49.4 Å². The molecule has 78 valence electrons. The monoisotopic (exact) mass is 226 g/mol. The summed E-state index contributed by atoms with van der Waals surface area (Å²) < 4.78 is 24.5. The van der Waals surface area contributed by atoms with Crippen molar-refractivity contribution in [2.24, 2.45) is 0 Å². The van der Waals surface area contributed by atoms with E-state index in [1.54, 1.807) is 0 Å². The number of halogens is 1. The Kier molecular flexibility index (Phi) is 3.97. The van der Waals surface area contributed by atoms with Gasteiger partial charge in [-0.25, -0.2) is 13.1 Å². The van der Waals surface area contributed by atoms with Crippen LogP contribution in [0.2, 0.25) is 0 Å². The van der Waals surface area contributed by atoms with E-state index in [1.165, 1.54) is 0 Å². The standard InChI is InChI=1S/C7H15ClN2O2S/c1-10-4-2-3-7(10)5-9-13(11,12)6-8/h7,9H,2-6H2,1H3.